The summed E-state index contributed by atoms with van der Waals surface area (Å²) in [5.41, 5.74) is 1.88. The van der Waals surface area contributed by atoms with E-state index in [1.54, 1.807) is 6.07 Å². The fourth-order valence-corrected chi connectivity index (χ4v) is 6.02. The van der Waals surface area contributed by atoms with Crippen molar-refractivity contribution >= 4 is 41.0 Å². The van der Waals surface area contributed by atoms with Gasteiger partial charge in [-0.3, -0.25) is 14.4 Å². The van der Waals surface area contributed by atoms with Gasteiger partial charge in [0.15, 0.2) is 0 Å². The normalized spacial score (nSPS) is 23.6. The van der Waals surface area contributed by atoms with E-state index in [0.29, 0.717) is 42.4 Å². The highest BCUT2D eigenvalue weighted by atomic mass is 35.5. The van der Waals surface area contributed by atoms with E-state index in [-0.39, 0.29) is 36.2 Å². The number of hydrogen-bond acceptors (Lipinski definition) is 3. The standard InChI is InChI=1S/C28H32Cl2N2O4/c1-2-23(17-31-13-4-3-8-25(31)33)32-27(18-9-11-21(29)12-10-18)24(19-6-5-7-22(30)14-19)15-20(28(32)36)16-26(34)35/h5-7,9-12,14,20,23-24,27H,2-4,8,13,15-17H2,1H3,(H,34,35). The van der Waals surface area contributed by atoms with Gasteiger partial charge in [-0.25, -0.2) is 0 Å². The van der Waals surface area contributed by atoms with Gasteiger partial charge in [0.25, 0.3) is 0 Å². The molecule has 0 radical (unpaired) electrons. The Bertz CT molecular complexity index is 1110. The average molecular weight is 531 g/mol. The lowest BCUT2D eigenvalue weighted by molar-refractivity contribution is -0.153. The number of carbonyl (C=O) groups excluding carboxylic acids is 2. The fourth-order valence-electron chi connectivity index (χ4n) is 5.70. The Morgan fingerprint density at radius 3 is 2.44 bits per heavy atom. The number of carboxylic acid groups (broad SMARTS) is 1. The van der Waals surface area contributed by atoms with Gasteiger partial charge < -0.3 is 14.9 Å². The Morgan fingerprint density at radius 2 is 1.81 bits per heavy atom. The predicted molar refractivity (Wildman–Crippen MR) is 140 cm³/mol. The summed E-state index contributed by atoms with van der Waals surface area (Å²) < 4.78 is 0. The van der Waals surface area contributed by atoms with Crippen LogP contribution in [0.2, 0.25) is 10.0 Å². The van der Waals surface area contributed by atoms with Crippen LogP contribution in [0.25, 0.3) is 0 Å². The molecule has 4 atom stereocenters. The van der Waals surface area contributed by atoms with Gasteiger partial charge in [-0.2, -0.15) is 0 Å². The molecule has 2 aromatic carbocycles. The molecule has 6 nitrogen and oxygen atoms in total. The van der Waals surface area contributed by atoms with Crippen LogP contribution in [0.4, 0.5) is 0 Å². The predicted octanol–water partition coefficient (Wildman–Crippen LogP) is 5.93. The average Bonchev–Trinajstić information content (AvgIpc) is 2.85. The zero-order valence-electron chi connectivity index (χ0n) is 20.4. The number of carboxylic acids is 1. The molecule has 0 aromatic heterocycles. The summed E-state index contributed by atoms with van der Waals surface area (Å²) in [5.74, 6) is -1.89. The minimum absolute atomic E-state index is 0.112. The Balaban J connectivity index is 1.81. The van der Waals surface area contributed by atoms with Crippen LogP contribution >= 0.6 is 23.2 Å². The van der Waals surface area contributed by atoms with Crippen LogP contribution in [0.15, 0.2) is 48.5 Å². The second-order valence-corrected chi connectivity index (χ2v) is 10.7. The van der Waals surface area contributed by atoms with Gasteiger partial charge in [0.1, 0.15) is 0 Å². The molecule has 4 rings (SSSR count). The number of amides is 2. The zero-order chi connectivity index (χ0) is 25.8. The molecular weight excluding hydrogens is 499 g/mol. The number of benzene rings is 2. The van der Waals surface area contributed by atoms with Crippen LogP contribution in [0.1, 0.15) is 68.5 Å². The van der Waals surface area contributed by atoms with Crippen LogP contribution in [-0.2, 0) is 14.4 Å². The smallest absolute Gasteiger partial charge is 0.304 e. The number of halogens is 2. The van der Waals surface area contributed by atoms with Crippen molar-refractivity contribution in [1.29, 1.82) is 0 Å². The minimum atomic E-state index is -0.998. The number of hydrogen-bond donors (Lipinski definition) is 1. The summed E-state index contributed by atoms with van der Waals surface area (Å²) in [6.45, 7) is 3.13. The van der Waals surface area contributed by atoms with Gasteiger partial charge >= 0.3 is 5.97 Å². The maximum absolute atomic E-state index is 14.0. The van der Waals surface area contributed by atoms with E-state index in [9.17, 15) is 19.5 Å². The molecule has 36 heavy (non-hydrogen) atoms. The maximum atomic E-state index is 14.0. The number of piperidine rings is 2. The minimum Gasteiger partial charge on any atom is -0.481 e. The molecule has 2 saturated heterocycles. The molecule has 0 bridgehead atoms. The first-order chi connectivity index (χ1) is 17.3. The molecule has 2 aromatic rings. The van der Waals surface area contributed by atoms with Crippen molar-refractivity contribution in [3.05, 3.63) is 69.7 Å². The third kappa shape index (κ3) is 5.87. The Morgan fingerprint density at radius 1 is 1.06 bits per heavy atom. The Labute approximate surface area is 222 Å². The number of aliphatic carboxylic acids is 1. The van der Waals surface area contributed by atoms with E-state index in [0.717, 1.165) is 24.0 Å². The van der Waals surface area contributed by atoms with Crippen molar-refractivity contribution in [2.45, 2.75) is 63.5 Å². The van der Waals surface area contributed by atoms with Crippen molar-refractivity contribution in [2.75, 3.05) is 13.1 Å². The molecule has 2 fully saturated rings. The summed E-state index contributed by atoms with van der Waals surface area (Å²) in [6, 6.07) is 14.5. The third-order valence-corrected chi connectivity index (χ3v) is 7.94. The molecule has 192 valence electrons. The molecule has 0 aliphatic carbocycles. The summed E-state index contributed by atoms with van der Waals surface area (Å²) in [6.07, 6.45) is 3.16. The lowest BCUT2D eigenvalue weighted by atomic mass is 9.74. The van der Waals surface area contributed by atoms with Crippen molar-refractivity contribution in [3.63, 3.8) is 0 Å². The molecule has 2 aliphatic heterocycles. The SMILES string of the molecule is CCC(CN1CCCCC1=O)N1C(=O)C(CC(=O)O)CC(c2cccc(Cl)c2)C1c1ccc(Cl)cc1. The Hall–Kier alpha value is -2.57. The first-order valence-electron chi connectivity index (χ1n) is 12.6. The first kappa shape index (κ1) is 26.5. The van der Waals surface area contributed by atoms with Gasteiger partial charge in [0.05, 0.1) is 12.5 Å². The monoisotopic (exact) mass is 530 g/mol. The Kier molecular flexibility index (Phi) is 8.58. The highest BCUT2D eigenvalue weighted by molar-refractivity contribution is 6.30. The van der Waals surface area contributed by atoms with Gasteiger partial charge in [0, 0.05) is 47.4 Å². The molecule has 2 amide bonds. The van der Waals surface area contributed by atoms with E-state index in [2.05, 4.69) is 0 Å². The molecule has 0 spiro atoms. The highest BCUT2D eigenvalue weighted by Gasteiger charge is 2.46. The van der Waals surface area contributed by atoms with Crippen LogP contribution in [0, 0.1) is 5.92 Å². The molecule has 8 heteroatoms. The molecule has 0 saturated carbocycles. The maximum Gasteiger partial charge on any atom is 0.304 e. The summed E-state index contributed by atoms with van der Waals surface area (Å²) in [5, 5.41) is 10.8. The zero-order valence-corrected chi connectivity index (χ0v) is 21.9. The fraction of sp³-hybridized carbons (Fsp3) is 0.464. The largest absolute Gasteiger partial charge is 0.481 e. The van der Waals surface area contributed by atoms with E-state index in [4.69, 9.17) is 23.2 Å². The molecule has 4 unspecified atom stereocenters. The van der Waals surface area contributed by atoms with E-state index >= 15 is 0 Å². The number of carbonyl (C=O) groups is 3. The number of likely N-dealkylation sites (tertiary alicyclic amines) is 2. The van der Waals surface area contributed by atoms with Crippen LogP contribution in [-0.4, -0.2) is 51.8 Å². The third-order valence-electron chi connectivity index (χ3n) is 7.45. The van der Waals surface area contributed by atoms with E-state index in [1.807, 2.05) is 59.2 Å². The van der Waals surface area contributed by atoms with Crippen LogP contribution < -0.4 is 0 Å². The first-order valence-corrected chi connectivity index (χ1v) is 13.4. The summed E-state index contributed by atoms with van der Waals surface area (Å²) in [7, 11) is 0. The van der Waals surface area contributed by atoms with Gasteiger partial charge in [-0.1, -0.05) is 54.4 Å². The second-order valence-electron chi connectivity index (χ2n) is 9.79. The second kappa shape index (κ2) is 11.7. The summed E-state index contributed by atoms with van der Waals surface area (Å²) >= 11 is 12.6. The van der Waals surface area contributed by atoms with Crippen molar-refractivity contribution in [1.82, 2.24) is 9.80 Å². The lowest BCUT2D eigenvalue weighted by Gasteiger charge is -2.49. The van der Waals surface area contributed by atoms with Gasteiger partial charge in [-0.05, 0) is 61.1 Å². The van der Waals surface area contributed by atoms with Gasteiger partial charge in [0.2, 0.25) is 11.8 Å². The van der Waals surface area contributed by atoms with E-state index < -0.39 is 11.9 Å². The number of rotatable bonds is 8. The molecule has 1 N–H and O–H groups in total. The van der Waals surface area contributed by atoms with Crippen LogP contribution in [0.5, 0.6) is 0 Å². The summed E-state index contributed by atoms with van der Waals surface area (Å²) in [4.78, 5) is 42.1. The van der Waals surface area contributed by atoms with Crippen molar-refractivity contribution in [2.24, 2.45) is 5.92 Å². The van der Waals surface area contributed by atoms with E-state index in [1.165, 1.54) is 0 Å². The molecular formula is C28H32Cl2N2O4. The topological polar surface area (TPSA) is 77.9 Å². The van der Waals surface area contributed by atoms with Crippen molar-refractivity contribution < 1.29 is 19.5 Å². The quantitative estimate of drug-likeness (QED) is 0.458. The number of nitrogens with zero attached hydrogens (tertiary/aromatic N) is 2. The van der Waals surface area contributed by atoms with Gasteiger partial charge in [-0.15, -0.1) is 0 Å². The van der Waals surface area contributed by atoms with Crippen molar-refractivity contribution in [3.8, 4) is 0 Å². The van der Waals surface area contributed by atoms with Crippen LogP contribution in [0.3, 0.4) is 0 Å². The lowest BCUT2D eigenvalue weighted by Crippen LogP contribution is -2.55. The highest BCUT2D eigenvalue weighted by Crippen LogP contribution is 2.47. The molecule has 2 heterocycles. The molecule has 2 aliphatic rings.